The van der Waals surface area contributed by atoms with Crippen LogP contribution in [0.1, 0.15) is 70.4 Å². The molecule has 298 valence electrons. The van der Waals surface area contributed by atoms with Gasteiger partial charge in [-0.15, -0.1) is 6.58 Å². The van der Waals surface area contributed by atoms with Crippen molar-refractivity contribution in [2.45, 2.75) is 109 Å². The summed E-state index contributed by atoms with van der Waals surface area (Å²) in [6.45, 7) is 10.2. The largest absolute Gasteiger partial charge is 0.497 e. The van der Waals surface area contributed by atoms with Crippen LogP contribution in [0.4, 0.5) is 0 Å². The monoisotopic (exact) mass is 752 g/mol. The van der Waals surface area contributed by atoms with Gasteiger partial charge in [0.05, 0.1) is 45.7 Å². The molecular formula is C43H60O11. The number of hydrogen-bond acceptors (Lipinski definition) is 11. The second kappa shape index (κ2) is 22.5. The van der Waals surface area contributed by atoms with Gasteiger partial charge in [-0.25, -0.2) is 4.79 Å². The van der Waals surface area contributed by atoms with Gasteiger partial charge >= 0.3 is 11.9 Å². The molecule has 5 atom stereocenters. The SMILES string of the molecule is C=CCCCCC(=O)O[C@H]1C(=CC(=O)OC)C[C@@H](C[C@@H](OCc2ccc(OC)cc2)[C@H](C)OCc2ccccc2)O[C@@]1(OC)C(C)(C)C=CC(OC)OC. The number of unbranched alkanes of at least 4 members (excludes halogenated alkanes) is 2. The van der Waals surface area contributed by atoms with E-state index in [1.807, 2.05) is 87.5 Å². The fourth-order valence-corrected chi connectivity index (χ4v) is 6.43. The molecule has 11 nitrogen and oxygen atoms in total. The minimum atomic E-state index is -1.62. The average Bonchev–Trinajstić information content (AvgIpc) is 3.18. The van der Waals surface area contributed by atoms with E-state index in [4.69, 9.17) is 42.6 Å². The molecule has 1 heterocycles. The van der Waals surface area contributed by atoms with E-state index in [-0.39, 0.29) is 18.9 Å². The normalized spacial score (nSPS) is 20.9. The first-order valence-corrected chi connectivity index (χ1v) is 18.4. The number of ether oxygens (including phenoxy) is 9. The lowest BCUT2D eigenvalue weighted by molar-refractivity contribution is -0.339. The van der Waals surface area contributed by atoms with Crippen molar-refractivity contribution in [3.05, 3.63) is 102 Å². The molecule has 0 bridgehead atoms. The fourth-order valence-electron chi connectivity index (χ4n) is 6.43. The van der Waals surface area contributed by atoms with Gasteiger partial charge in [0.2, 0.25) is 5.79 Å². The molecule has 0 N–H and O–H groups in total. The molecule has 0 aromatic heterocycles. The van der Waals surface area contributed by atoms with E-state index in [0.29, 0.717) is 31.6 Å². The van der Waals surface area contributed by atoms with Gasteiger partial charge in [-0.05, 0) is 67.5 Å². The first-order valence-electron chi connectivity index (χ1n) is 18.4. The van der Waals surface area contributed by atoms with E-state index in [2.05, 4.69) is 6.58 Å². The summed E-state index contributed by atoms with van der Waals surface area (Å²) in [5, 5.41) is 0. The van der Waals surface area contributed by atoms with Crippen molar-refractivity contribution in [2.24, 2.45) is 5.41 Å². The number of carbonyl (C=O) groups is 2. The summed E-state index contributed by atoms with van der Waals surface area (Å²) in [5.74, 6) is -1.92. The van der Waals surface area contributed by atoms with Crippen LogP contribution in [-0.2, 0) is 60.7 Å². The quantitative estimate of drug-likeness (QED) is 0.0366. The van der Waals surface area contributed by atoms with Gasteiger partial charge < -0.3 is 42.6 Å². The van der Waals surface area contributed by atoms with Crippen molar-refractivity contribution in [3.8, 4) is 5.75 Å². The number of allylic oxidation sites excluding steroid dienone is 1. The lowest BCUT2D eigenvalue weighted by Gasteiger charge is -2.53. The molecule has 2 aromatic carbocycles. The van der Waals surface area contributed by atoms with Crippen molar-refractivity contribution in [1.29, 1.82) is 0 Å². The van der Waals surface area contributed by atoms with E-state index < -0.39 is 47.7 Å². The fraction of sp³-hybridized carbons (Fsp3) is 0.535. The summed E-state index contributed by atoms with van der Waals surface area (Å²) in [6, 6.07) is 17.6. The number of esters is 2. The second-order valence-electron chi connectivity index (χ2n) is 13.8. The van der Waals surface area contributed by atoms with Gasteiger partial charge in [0.15, 0.2) is 12.4 Å². The molecule has 0 aliphatic carbocycles. The Bertz CT molecular complexity index is 1480. The van der Waals surface area contributed by atoms with Crippen LogP contribution in [0.3, 0.4) is 0 Å². The van der Waals surface area contributed by atoms with E-state index >= 15 is 0 Å². The smallest absolute Gasteiger partial charge is 0.330 e. The van der Waals surface area contributed by atoms with Gasteiger partial charge in [0.25, 0.3) is 0 Å². The van der Waals surface area contributed by atoms with E-state index in [1.54, 1.807) is 13.2 Å². The van der Waals surface area contributed by atoms with Gasteiger partial charge in [0, 0.05) is 45.7 Å². The lowest BCUT2D eigenvalue weighted by Crippen LogP contribution is -2.63. The summed E-state index contributed by atoms with van der Waals surface area (Å²) in [5.41, 5.74) is 1.48. The number of hydrogen-bond donors (Lipinski definition) is 0. The lowest BCUT2D eigenvalue weighted by atomic mass is 9.74. The Labute approximate surface area is 321 Å². The molecule has 2 aromatic rings. The Hall–Kier alpha value is -3.84. The Morgan fingerprint density at radius 3 is 2.22 bits per heavy atom. The van der Waals surface area contributed by atoms with Crippen LogP contribution < -0.4 is 4.74 Å². The second-order valence-corrected chi connectivity index (χ2v) is 13.8. The number of benzene rings is 2. The van der Waals surface area contributed by atoms with E-state index in [9.17, 15) is 9.59 Å². The molecule has 1 aliphatic rings. The highest BCUT2D eigenvalue weighted by molar-refractivity contribution is 5.83. The highest BCUT2D eigenvalue weighted by Crippen LogP contribution is 2.49. The Balaban J connectivity index is 2.06. The number of carbonyl (C=O) groups excluding carboxylic acids is 2. The zero-order valence-electron chi connectivity index (χ0n) is 33.2. The van der Waals surface area contributed by atoms with Gasteiger partial charge in [-0.3, -0.25) is 4.79 Å². The Morgan fingerprint density at radius 1 is 0.944 bits per heavy atom. The summed E-state index contributed by atoms with van der Waals surface area (Å²) < 4.78 is 53.9. The van der Waals surface area contributed by atoms with Crippen LogP contribution >= 0.6 is 0 Å². The minimum Gasteiger partial charge on any atom is -0.497 e. The van der Waals surface area contributed by atoms with Crippen LogP contribution in [-0.4, -0.2) is 84.0 Å². The number of rotatable bonds is 23. The molecule has 1 saturated heterocycles. The number of methoxy groups -OCH3 is 5. The van der Waals surface area contributed by atoms with Crippen LogP contribution in [0.5, 0.6) is 5.75 Å². The van der Waals surface area contributed by atoms with Crippen molar-refractivity contribution in [2.75, 3.05) is 35.5 Å². The van der Waals surface area contributed by atoms with Crippen molar-refractivity contribution >= 4 is 11.9 Å². The third-order valence-electron chi connectivity index (χ3n) is 9.61. The maximum atomic E-state index is 13.5. The van der Waals surface area contributed by atoms with Crippen molar-refractivity contribution < 1.29 is 52.2 Å². The van der Waals surface area contributed by atoms with E-state index in [0.717, 1.165) is 29.7 Å². The topological polar surface area (TPSA) is 117 Å². The maximum absolute atomic E-state index is 13.5. The first-order chi connectivity index (χ1) is 25.9. The highest BCUT2D eigenvalue weighted by Gasteiger charge is 2.59. The van der Waals surface area contributed by atoms with Crippen LogP contribution in [0.25, 0.3) is 0 Å². The average molecular weight is 753 g/mol. The minimum absolute atomic E-state index is 0.169. The standard InChI is InChI=1S/C43H60O11/c1-10-11-12-16-19-38(44)53-41-34(27-39(45)47-6)26-36(54-43(41,50-9)42(3,4)25-24-40(48-7)49-8)28-37(31(2)51-29-32-17-14-13-15-18-32)52-30-33-20-22-35(46-5)23-21-33/h10,13-15,17-18,20-25,27,31,36-37,40-41H,1,11-12,16,19,26,28-30H2,2-9H3/t31-,36-,37+,41-,43+/m0/s1. The maximum Gasteiger partial charge on any atom is 0.330 e. The molecule has 1 aliphatic heterocycles. The summed E-state index contributed by atoms with van der Waals surface area (Å²) in [4.78, 5) is 26.4. The summed E-state index contributed by atoms with van der Waals surface area (Å²) in [6.07, 6.45) is 6.49. The third-order valence-corrected chi connectivity index (χ3v) is 9.61. The van der Waals surface area contributed by atoms with Crippen molar-refractivity contribution in [1.82, 2.24) is 0 Å². The van der Waals surface area contributed by atoms with E-state index in [1.165, 1.54) is 34.5 Å². The van der Waals surface area contributed by atoms with Crippen molar-refractivity contribution in [3.63, 3.8) is 0 Å². The molecule has 1 fully saturated rings. The molecule has 0 amide bonds. The molecule has 0 spiro atoms. The Morgan fingerprint density at radius 2 is 1.61 bits per heavy atom. The predicted molar refractivity (Wildman–Crippen MR) is 205 cm³/mol. The summed E-state index contributed by atoms with van der Waals surface area (Å²) >= 11 is 0. The molecule has 3 rings (SSSR count). The molecule has 0 radical (unpaired) electrons. The van der Waals surface area contributed by atoms with Gasteiger partial charge in [-0.2, -0.15) is 0 Å². The predicted octanol–water partition coefficient (Wildman–Crippen LogP) is 7.67. The van der Waals surface area contributed by atoms with Gasteiger partial charge in [0.1, 0.15) is 5.75 Å². The Kier molecular flexibility index (Phi) is 18.6. The van der Waals surface area contributed by atoms with Crippen LogP contribution in [0.15, 0.2) is 91.1 Å². The molecule has 0 unspecified atom stereocenters. The third kappa shape index (κ3) is 12.9. The van der Waals surface area contributed by atoms with Crippen LogP contribution in [0.2, 0.25) is 0 Å². The zero-order chi connectivity index (χ0) is 39.6. The first kappa shape index (κ1) is 44.6. The summed E-state index contributed by atoms with van der Waals surface area (Å²) in [7, 11) is 7.50. The molecular weight excluding hydrogens is 692 g/mol. The molecule has 11 heteroatoms. The van der Waals surface area contributed by atoms with Crippen LogP contribution in [0, 0.1) is 5.41 Å². The molecule has 54 heavy (non-hydrogen) atoms. The zero-order valence-corrected chi connectivity index (χ0v) is 33.2. The molecule has 0 saturated carbocycles. The van der Waals surface area contributed by atoms with Gasteiger partial charge in [-0.1, -0.05) is 68.5 Å². The highest BCUT2D eigenvalue weighted by atomic mass is 16.7.